The van der Waals surface area contributed by atoms with Crippen LogP contribution in [0.2, 0.25) is 0 Å². The topological polar surface area (TPSA) is 70.4 Å². The van der Waals surface area contributed by atoms with E-state index < -0.39 is 5.97 Å². The van der Waals surface area contributed by atoms with E-state index in [0.717, 1.165) is 5.56 Å². The zero-order valence-corrected chi connectivity index (χ0v) is 14.8. The SMILES string of the molecule is Cc1ccccc1OCC(=O)OCCn1c(C)nc2ccccc2c1=O. The Hall–Kier alpha value is -3.15. The van der Waals surface area contributed by atoms with Gasteiger partial charge in [0, 0.05) is 0 Å². The third kappa shape index (κ3) is 3.91. The zero-order chi connectivity index (χ0) is 18.5. The Bertz CT molecular complexity index is 995. The van der Waals surface area contributed by atoms with E-state index in [0.29, 0.717) is 22.5 Å². The van der Waals surface area contributed by atoms with Crippen molar-refractivity contribution in [2.75, 3.05) is 13.2 Å². The fourth-order valence-electron chi connectivity index (χ4n) is 2.69. The minimum absolute atomic E-state index is 0.0801. The van der Waals surface area contributed by atoms with E-state index >= 15 is 0 Å². The van der Waals surface area contributed by atoms with Gasteiger partial charge < -0.3 is 9.47 Å². The average molecular weight is 352 g/mol. The van der Waals surface area contributed by atoms with Gasteiger partial charge in [-0.2, -0.15) is 0 Å². The molecule has 0 N–H and O–H groups in total. The van der Waals surface area contributed by atoms with Crippen LogP contribution < -0.4 is 10.3 Å². The van der Waals surface area contributed by atoms with Gasteiger partial charge in [-0.15, -0.1) is 0 Å². The second-order valence-corrected chi connectivity index (χ2v) is 5.91. The van der Waals surface area contributed by atoms with Crippen LogP contribution in [0.3, 0.4) is 0 Å². The quantitative estimate of drug-likeness (QED) is 0.638. The first-order chi connectivity index (χ1) is 12.6. The van der Waals surface area contributed by atoms with Crippen LogP contribution in [-0.4, -0.2) is 28.7 Å². The monoisotopic (exact) mass is 352 g/mol. The molecule has 0 atom stereocenters. The van der Waals surface area contributed by atoms with Crippen LogP contribution in [0.1, 0.15) is 11.4 Å². The van der Waals surface area contributed by atoms with Gasteiger partial charge in [0.25, 0.3) is 5.56 Å². The summed E-state index contributed by atoms with van der Waals surface area (Å²) in [7, 11) is 0. The molecule has 0 aliphatic carbocycles. The first kappa shape index (κ1) is 17.7. The molecular weight excluding hydrogens is 332 g/mol. The van der Waals surface area contributed by atoms with Crippen molar-refractivity contribution in [1.82, 2.24) is 9.55 Å². The van der Waals surface area contributed by atoms with Gasteiger partial charge in [-0.3, -0.25) is 9.36 Å². The van der Waals surface area contributed by atoms with Crippen LogP contribution in [0, 0.1) is 13.8 Å². The second kappa shape index (κ2) is 7.82. The molecule has 2 aromatic carbocycles. The van der Waals surface area contributed by atoms with Gasteiger partial charge in [-0.05, 0) is 37.6 Å². The van der Waals surface area contributed by atoms with Gasteiger partial charge in [0.1, 0.15) is 18.2 Å². The summed E-state index contributed by atoms with van der Waals surface area (Å²) in [4.78, 5) is 28.8. The van der Waals surface area contributed by atoms with Gasteiger partial charge in [-0.25, -0.2) is 9.78 Å². The van der Waals surface area contributed by atoms with E-state index in [1.807, 2.05) is 31.2 Å². The molecule has 0 spiro atoms. The first-order valence-corrected chi connectivity index (χ1v) is 8.36. The third-order valence-corrected chi connectivity index (χ3v) is 4.07. The Balaban J connectivity index is 1.58. The highest BCUT2D eigenvalue weighted by Crippen LogP contribution is 2.15. The number of fused-ring (bicyclic) bond motifs is 1. The second-order valence-electron chi connectivity index (χ2n) is 5.91. The van der Waals surface area contributed by atoms with Crippen LogP contribution in [0.4, 0.5) is 0 Å². The first-order valence-electron chi connectivity index (χ1n) is 8.36. The van der Waals surface area contributed by atoms with Crippen molar-refractivity contribution < 1.29 is 14.3 Å². The standard InChI is InChI=1S/C20H20N2O4/c1-14-7-3-6-10-18(14)26-13-19(23)25-12-11-22-15(2)21-17-9-5-4-8-16(17)20(22)24/h3-10H,11-13H2,1-2H3. The lowest BCUT2D eigenvalue weighted by molar-refractivity contribution is -0.146. The van der Waals surface area contributed by atoms with E-state index in [-0.39, 0.29) is 25.3 Å². The highest BCUT2D eigenvalue weighted by Gasteiger charge is 2.10. The van der Waals surface area contributed by atoms with Gasteiger partial charge in [-0.1, -0.05) is 30.3 Å². The minimum Gasteiger partial charge on any atom is -0.482 e. The summed E-state index contributed by atoms with van der Waals surface area (Å²) in [5, 5.41) is 0.548. The van der Waals surface area contributed by atoms with E-state index in [4.69, 9.17) is 9.47 Å². The van der Waals surface area contributed by atoms with E-state index in [2.05, 4.69) is 4.98 Å². The maximum atomic E-state index is 12.5. The van der Waals surface area contributed by atoms with Crippen molar-refractivity contribution in [1.29, 1.82) is 0 Å². The number of hydrogen-bond donors (Lipinski definition) is 0. The van der Waals surface area contributed by atoms with Crippen molar-refractivity contribution in [3.8, 4) is 5.75 Å². The molecule has 134 valence electrons. The summed E-state index contributed by atoms with van der Waals surface area (Å²) in [5.41, 5.74) is 1.47. The summed E-state index contributed by atoms with van der Waals surface area (Å²) in [6.07, 6.45) is 0. The Labute approximate surface area is 151 Å². The summed E-state index contributed by atoms with van der Waals surface area (Å²) in [5.74, 6) is 0.754. The summed E-state index contributed by atoms with van der Waals surface area (Å²) in [6.45, 7) is 3.82. The van der Waals surface area contributed by atoms with Crippen molar-refractivity contribution in [3.63, 3.8) is 0 Å². The minimum atomic E-state index is -0.479. The lowest BCUT2D eigenvalue weighted by Crippen LogP contribution is -2.27. The lowest BCUT2D eigenvalue weighted by atomic mass is 10.2. The normalized spacial score (nSPS) is 10.7. The van der Waals surface area contributed by atoms with E-state index in [1.54, 1.807) is 31.2 Å². The number of para-hydroxylation sites is 2. The molecule has 0 aliphatic rings. The predicted octanol–water partition coefficient (Wildman–Crippen LogP) is 2.64. The van der Waals surface area contributed by atoms with Crippen LogP contribution in [-0.2, 0) is 16.1 Å². The van der Waals surface area contributed by atoms with E-state index in [1.165, 1.54) is 4.57 Å². The highest BCUT2D eigenvalue weighted by atomic mass is 16.6. The van der Waals surface area contributed by atoms with Crippen molar-refractivity contribution >= 4 is 16.9 Å². The largest absolute Gasteiger partial charge is 0.482 e. The molecule has 6 nitrogen and oxygen atoms in total. The molecule has 0 saturated carbocycles. The number of carbonyl (C=O) groups excluding carboxylic acids is 1. The van der Waals surface area contributed by atoms with Crippen LogP contribution in [0.15, 0.2) is 53.3 Å². The van der Waals surface area contributed by atoms with Crippen LogP contribution in [0.25, 0.3) is 10.9 Å². The predicted molar refractivity (Wildman–Crippen MR) is 98.4 cm³/mol. The number of aryl methyl sites for hydroxylation is 2. The Kier molecular flexibility index (Phi) is 5.31. The number of carbonyl (C=O) groups is 1. The number of nitrogens with zero attached hydrogens (tertiary/aromatic N) is 2. The Morgan fingerprint density at radius 1 is 1.08 bits per heavy atom. The Morgan fingerprint density at radius 2 is 1.81 bits per heavy atom. The summed E-state index contributed by atoms with van der Waals surface area (Å²) in [6, 6.07) is 14.6. The molecule has 0 unspecified atom stereocenters. The number of ether oxygens (including phenoxy) is 2. The maximum Gasteiger partial charge on any atom is 0.344 e. The molecule has 6 heteroatoms. The number of benzene rings is 2. The van der Waals surface area contributed by atoms with Crippen molar-refractivity contribution in [3.05, 3.63) is 70.3 Å². The molecule has 0 aliphatic heterocycles. The maximum absolute atomic E-state index is 12.5. The van der Waals surface area contributed by atoms with Gasteiger partial charge >= 0.3 is 5.97 Å². The molecule has 3 rings (SSSR count). The fourth-order valence-corrected chi connectivity index (χ4v) is 2.69. The van der Waals surface area contributed by atoms with Crippen molar-refractivity contribution in [2.24, 2.45) is 0 Å². The molecule has 3 aromatic rings. The Morgan fingerprint density at radius 3 is 2.62 bits per heavy atom. The van der Waals surface area contributed by atoms with E-state index in [9.17, 15) is 9.59 Å². The molecule has 0 radical (unpaired) electrons. The molecule has 1 aromatic heterocycles. The summed E-state index contributed by atoms with van der Waals surface area (Å²) >= 11 is 0. The number of esters is 1. The molecule has 0 bridgehead atoms. The molecule has 0 saturated heterocycles. The highest BCUT2D eigenvalue weighted by molar-refractivity contribution is 5.77. The molecule has 1 heterocycles. The smallest absolute Gasteiger partial charge is 0.344 e. The molecule has 0 fully saturated rings. The van der Waals surface area contributed by atoms with Crippen molar-refractivity contribution in [2.45, 2.75) is 20.4 Å². The number of rotatable bonds is 6. The zero-order valence-electron chi connectivity index (χ0n) is 14.8. The van der Waals surface area contributed by atoms with Crippen LogP contribution >= 0.6 is 0 Å². The third-order valence-electron chi connectivity index (χ3n) is 4.07. The average Bonchev–Trinajstić information content (AvgIpc) is 2.64. The number of aromatic nitrogens is 2. The number of hydrogen-bond acceptors (Lipinski definition) is 5. The van der Waals surface area contributed by atoms with Crippen LogP contribution in [0.5, 0.6) is 5.75 Å². The lowest BCUT2D eigenvalue weighted by Gasteiger charge is -2.12. The molecule has 26 heavy (non-hydrogen) atoms. The summed E-state index contributed by atoms with van der Waals surface area (Å²) < 4.78 is 12.1. The van der Waals surface area contributed by atoms with Gasteiger partial charge in [0.05, 0.1) is 17.4 Å². The van der Waals surface area contributed by atoms with Gasteiger partial charge in [0.15, 0.2) is 6.61 Å². The molecular formula is C20H20N2O4. The van der Waals surface area contributed by atoms with Gasteiger partial charge in [0.2, 0.25) is 0 Å². The fraction of sp³-hybridized carbons (Fsp3) is 0.250. The molecule has 0 amide bonds.